The fourth-order valence-electron chi connectivity index (χ4n) is 5.75. The molecule has 0 saturated heterocycles. The Bertz CT molecular complexity index is 513. The fraction of sp³-hybridized carbons (Fsp3) is 0.579. The van der Waals surface area contributed by atoms with E-state index in [1.165, 1.54) is 32.1 Å². The number of hydrogen-bond donors (Lipinski definition) is 1. The Hall–Kier alpha value is -1.26. The van der Waals surface area contributed by atoms with E-state index in [0.29, 0.717) is 5.92 Å². The molecule has 2 N–H and O–H groups in total. The maximum atomic E-state index is 6.81. The monoisotopic (exact) mass is 265 g/mol. The minimum absolute atomic E-state index is 0.489. The summed E-state index contributed by atoms with van der Waals surface area (Å²) in [4.78, 5) is 0. The van der Waals surface area contributed by atoms with Crippen molar-refractivity contribution in [2.24, 2.45) is 35.3 Å². The van der Waals surface area contributed by atoms with Crippen LogP contribution in [0.4, 0.5) is 0 Å². The predicted octanol–water partition coefficient (Wildman–Crippen LogP) is 3.55. The summed E-state index contributed by atoms with van der Waals surface area (Å²) in [6, 6.07) is 10.4. The van der Waals surface area contributed by atoms with Crippen LogP contribution in [0.25, 0.3) is 0 Å². The summed E-state index contributed by atoms with van der Waals surface area (Å²) in [6.45, 7) is 0. The second-order valence-electron chi connectivity index (χ2n) is 7.34. The highest BCUT2D eigenvalue weighted by molar-refractivity contribution is 5.35. The molecule has 1 nitrogen and oxygen atoms in total. The van der Waals surface area contributed by atoms with E-state index in [4.69, 9.17) is 12.2 Å². The normalized spacial score (nSPS) is 41.1. The molecule has 4 bridgehead atoms. The van der Waals surface area contributed by atoms with Crippen molar-refractivity contribution in [3.8, 4) is 12.3 Å². The molecule has 1 unspecified atom stereocenters. The Balaban J connectivity index is 1.74. The van der Waals surface area contributed by atoms with Gasteiger partial charge in [-0.05, 0) is 67.3 Å². The van der Waals surface area contributed by atoms with Crippen LogP contribution in [-0.4, -0.2) is 0 Å². The molecule has 0 radical (unpaired) electrons. The molecule has 0 amide bonds. The summed E-state index contributed by atoms with van der Waals surface area (Å²) in [5, 5.41) is 0. The van der Waals surface area contributed by atoms with Crippen LogP contribution in [0.5, 0.6) is 0 Å². The minimum atomic E-state index is -0.566. The molecule has 1 aromatic rings. The van der Waals surface area contributed by atoms with Gasteiger partial charge in [0.25, 0.3) is 0 Å². The Morgan fingerprint density at radius 2 is 1.50 bits per heavy atom. The van der Waals surface area contributed by atoms with E-state index in [9.17, 15) is 0 Å². The first-order chi connectivity index (χ1) is 9.70. The molecule has 1 heteroatoms. The van der Waals surface area contributed by atoms with Crippen molar-refractivity contribution in [3.63, 3.8) is 0 Å². The van der Waals surface area contributed by atoms with Crippen LogP contribution in [0.15, 0.2) is 30.3 Å². The second kappa shape index (κ2) is 4.37. The molecule has 5 rings (SSSR count). The Morgan fingerprint density at radius 1 is 0.950 bits per heavy atom. The third-order valence-electron chi connectivity index (χ3n) is 6.24. The summed E-state index contributed by atoms with van der Waals surface area (Å²) in [5.41, 5.74) is 7.38. The minimum Gasteiger partial charge on any atom is -0.311 e. The van der Waals surface area contributed by atoms with Gasteiger partial charge in [0.1, 0.15) is 5.54 Å². The zero-order valence-electron chi connectivity index (χ0n) is 12.0. The van der Waals surface area contributed by atoms with Crippen molar-refractivity contribution in [1.29, 1.82) is 0 Å². The molecule has 4 fully saturated rings. The van der Waals surface area contributed by atoms with Crippen LogP contribution < -0.4 is 5.73 Å². The van der Waals surface area contributed by atoms with Crippen molar-refractivity contribution in [2.45, 2.75) is 37.6 Å². The van der Waals surface area contributed by atoms with Crippen LogP contribution >= 0.6 is 0 Å². The van der Waals surface area contributed by atoms with Gasteiger partial charge < -0.3 is 5.73 Å². The molecule has 0 aromatic heterocycles. The van der Waals surface area contributed by atoms with Gasteiger partial charge in [-0.25, -0.2) is 0 Å². The van der Waals surface area contributed by atoms with Gasteiger partial charge in [0.15, 0.2) is 0 Å². The van der Waals surface area contributed by atoms with E-state index < -0.39 is 5.54 Å². The average Bonchev–Trinajstić information content (AvgIpc) is 2.46. The summed E-state index contributed by atoms with van der Waals surface area (Å²) in [6.07, 6.45) is 12.9. The lowest BCUT2D eigenvalue weighted by Gasteiger charge is -2.58. The maximum Gasteiger partial charge on any atom is 0.106 e. The molecule has 1 atom stereocenters. The van der Waals surface area contributed by atoms with Crippen LogP contribution in [0.3, 0.4) is 0 Å². The van der Waals surface area contributed by atoms with Crippen LogP contribution in [0.1, 0.15) is 37.7 Å². The molecular weight excluding hydrogens is 242 g/mol. The highest BCUT2D eigenvalue weighted by Gasteiger charge is 2.54. The molecular formula is C19H23N. The smallest absolute Gasteiger partial charge is 0.106 e. The van der Waals surface area contributed by atoms with Crippen molar-refractivity contribution >= 4 is 0 Å². The standard InChI is InChI=1S/C19H23N/c1-2-19(20,17-6-4-3-5-7-17)18-15-9-13-8-14(11-15)12-16(18)10-13/h1,3-7,13-16,18H,8-12,20H2. The first-order valence-corrected chi connectivity index (χ1v) is 8.03. The predicted molar refractivity (Wildman–Crippen MR) is 81.7 cm³/mol. The molecule has 104 valence electrons. The SMILES string of the molecule is C#CC(N)(c1ccccc1)C1C2CC3CC(C2)CC1C3. The highest BCUT2D eigenvalue weighted by Crippen LogP contribution is 2.60. The van der Waals surface area contributed by atoms with E-state index in [0.717, 1.165) is 29.2 Å². The van der Waals surface area contributed by atoms with E-state index in [-0.39, 0.29) is 0 Å². The zero-order valence-corrected chi connectivity index (χ0v) is 12.0. The Kier molecular flexibility index (Phi) is 2.72. The molecule has 0 spiro atoms. The number of rotatable bonds is 2. The van der Waals surface area contributed by atoms with Gasteiger partial charge in [-0.15, -0.1) is 6.42 Å². The van der Waals surface area contributed by atoms with Gasteiger partial charge in [0, 0.05) is 0 Å². The molecule has 0 heterocycles. The topological polar surface area (TPSA) is 26.0 Å². The molecule has 20 heavy (non-hydrogen) atoms. The second-order valence-corrected chi connectivity index (χ2v) is 7.34. The first kappa shape index (κ1) is 12.5. The third kappa shape index (κ3) is 1.68. The summed E-state index contributed by atoms with van der Waals surface area (Å²) < 4.78 is 0. The lowest BCUT2D eigenvalue weighted by molar-refractivity contribution is -0.0596. The Morgan fingerprint density at radius 3 is 2.00 bits per heavy atom. The number of hydrogen-bond acceptors (Lipinski definition) is 1. The van der Waals surface area contributed by atoms with Crippen molar-refractivity contribution < 1.29 is 0 Å². The zero-order chi connectivity index (χ0) is 13.7. The van der Waals surface area contributed by atoms with Gasteiger partial charge in [-0.3, -0.25) is 0 Å². The number of benzene rings is 1. The Labute approximate surface area is 121 Å². The van der Waals surface area contributed by atoms with Gasteiger partial charge in [-0.1, -0.05) is 36.3 Å². The largest absolute Gasteiger partial charge is 0.311 e. The van der Waals surface area contributed by atoms with Gasteiger partial charge in [-0.2, -0.15) is 0 Å². The van der Waals surface area contributed by atoms with Crippen molar-refractivity contribution in [3.05, 3.63) is 35.9 Å². The van der Waals surface area contributed by atoms with E-state index in [2.05, 4.69) is 30.2 Å². The summed E-state index contributed by atoms with van der Waals surface area (Å²) in [5.74, 6) is 6.93. The quantitative estimate of drug-likeness (QED) is 0.813. The van der Waals surface area contributed by atoms with Gasteiger partial charge in [0.2, 0.25) is 0 Å². The third-order valence-corrected chi connectivity index (χ3v) is 6.24. The van der Waals surface area contributed by atoms with Crippen LogP contribution in [0.2, 0.25) is 0 Å². The first-order valence-electron chi connectivity index (χ1n) is 8.03. The molecule has 4 saturated carbocycles. The van der Waals surface area contributed by atoms with Gasteiger partial charge in [0.05, 0.1) is 0 Å². The van der Waals surface area contributed by atoms with E-state index >= 15 is 0 Å². The van der Waals surface area contributed by atoms with E-state index in [1.807, 2.05) is 6.07 Å². The number of nitrogens with two attached hydrogens (primary N) is 1. The number of terminal acetylenes is 1. The lowest BCUT2D eigenvalue weighted by Crippen LogP contribution is -2.56. The van der Waals surface area contributed by atoms with Crippen molar-refractivity contribution in [1.82, 2.24) is 0 Å². The van der Waals surface area contributed by atoms with Crippen LogP contribution in [-0.2, 0) is 5.54 Å². The fourth-order valence-corrected chi connectivity index (χ4v) is 5.75. The lowest BCUT2D eigenvalue weighted by atomic mass is 9.48. The molecule has 4 aliphatic carbocycles. The molecule has 0 aliphatic heterocycles. The molecule has 1 aromatic carbocycles. The maximum absolute atomic E-state index is 6.81. The van der Waals surface area contributed by atoms with Crippen molar-refractivity contribution in [2.75, 3.05) is 0 Å². The highest BCUT2D eigenvalue weighted by atomic mass is 14.8. The summed E-state index contributed by atoms with van der Waals surface area (Å²) >= 11 is 0. The van der Waals surface area contributed by atoms with Crippen LogP contribution in [0, 0.1) is 41.9 Å². The van der Waals surface area contributed by atoms with E-state index in [1.54, 1.807) is 0 Å². The average molecular weight is 265 g/mol. The molecule has 4 aliphatic rings. The van der Waals surface area contributed by atoms with Gasteiger partial charge >= 0.3 is 0 Å². The summed E-state index contributed by atoms with van der Waals surface area (Å²) in [7, 11) is 0.